The molecule has 1 unspecified atom stereocenters. The van der Waals surface area contributed by atoms with Crippen LogP contribution in [0.3, 0.4) is 0 Å². The van der Waals surface area contributed by atoms with E-state index in [0.717, 1.165) is 19.5 Å². The van der Waals surface area contributed by atoms with Gasteiger partial charge in [0.05, 0.1) is 6.04 Å². The fourth-order valence-electron chi connectivity index (χ4n) is 1.57. The van der Waals surface area contributed by atoms with Crippen LogP contribution in [0, 0.1) is 0 Å². The first-order valence-corrected chi connectivity index (χ1v) is 5.77. The lowest BCUT2D eigenvalue weighted by Crippen LogP contribution is -2.40. The third-order valence-electron chi connectivity index (χ3n) is 2.55. The average Bonchev–Trinajstić information content (AvgIpc) is 2.73. The largest absolute Gasteiger partial charge is 0.358 e. The quantitative estimate of drug-likeness (QED) is 0.759. The van der Waals surface area contributed by atoms with Crippen molar-refractivity contribution in [3.63, 3.8) is 0 Å². The Labute approximate surface area is 97.0 Å². The van der Waals surface area contributed by atoms with Crippen molar-refractivity contribution < 1.29 is 4.79 Å². The van der Waals surface area contributed by atoms with Crippen LogP contribution in [-0.2, 0) is 17.9 Å². The van der Waals surface area contributed by atoms with Crippen molar-refractivity contribution in [1.82, 2.24) is 15.2 Å². The van der Waals surface area contributed by atoms with Crippen LogP contribution in [0.1, 0.15) is 25.8 Å². The molecule has 4 nitrogen and oxygen atoms in total. The summed E-state index contributed by atoms with van der Waals surface area (Å²) in [6.07, 6.45) is 5.33. The molecule has 1 aromatic rings. The Morgan fingerprint density at radius 2 is 2.31 bits per heavy atom. The van der Waals surface area contributed by atoms with Crippen molar-refractivity contribution >= 4 is 5.91 Å². The van der Waals surface area contributed by atoms with Crippen LogP contribution < -0.4 is 10.6 Å². The normalized spacial score (nSPS) is 12.4. The first-order chi connectivity index (χ1) is 7.67. The van der Waals surface area contributed by atoms with E-state index in [1.54, 1.807) is 7.05 Å². The molecule has 0 saturated heterocycles. The van der Waals surface area contributed by atoms with E-state index in [-0.39, 0.29) is 11.9 Å². The SMILES string of the molecule is CCCn1ccc(CNC(C)C(=O)NC)c1. The van der Waals surface area contributed by atoms with E-state index in [0.29, 0.717) is 0 Å². The van der Waals surface area contributed by atoms with Gasteiger partial charge in [-0.05, 0) is 25.0 Å². The molecule has 0 aliphatic carbocycles. The zero-order valence-electron chi connectivity index (χ0n) is 10.3. The number of aromatic nitrogens is 1. The van der Waals surface area contributed by atoms with Crippen LogP contribution in [0.5, 0.6) is 0 Å². The van der Waals surface area contributed by atoms with Gasteiger partial charge in [0.15, 0.2) is 0 Å². The van der Waals surface area contributed by atoms with Gasteiger partial charge in [0, 0.05) is 32.5 Å². The molecule has 0 saturated carbocycles. The van der Waals surface area contributed by atoms with Gasteiger partial charge in [-0.1, -0.05) is 6.92 Å². The minimum Gasteiger partial charge on any atom is -0.358 e. The van der Waals surface area contributed by atoms with Crippen molar-refractivity contribution in [2.75, 3.05) is 7.05 Å². The van der Waals surface area contributed by atoms with E-state index >= 15 is 0 Å². The van der Waals surface area contributed by atoms with Crippen molar-refractivity contribution in [3.8, 4) is 0 Å². The van der Waals surface area contributed by atoms with Crippen LogP contribution in [0.25, 0.3) is 0 Å². The number of aryl methyl sites for hydroxylation is 1. The molecule has 0 fully saturated rings. The minimum absolute atomic E-state index is 0.0213. The minimum atomic E-state index is -0.153. The second-order valence-electron chi connectivity index (χ2n) is 3.97. The molecule has 0 radical (unpaired) electrons. The second-order valence-corrected chi connectivity index (χ2v) is 3.97. The lowest BCUT2D eigenvalue weighted by molar-refractivity contribution is -0.122. The van der Waals surface area contributed by atoms with Gasteiger partial charge in [0.2, 0.25) is 5.91 Å². The molecule has 1 rings (SSSR count). The number of likely N-dealkylation sites (N-methyl/N-ethyl adjacent to an activating group) is 1. The molecule has 1 heterocycles. The number of nitrogens with zero attached hydrogens (tertiary/aromatic N) is 1. The van der Waals surface area contributed by atoms with Gasteiger partial charge in [-0.25, -0.2) is 0 Å². The summed E-state index contributed by atoms with van der Waals surface area (Å²) in [7, 11) is 1.65. The summed E-state index contributed by atoms with van der Waals surface area (Å²) in [6, 6.07) is 1.93. The predicted molar refractivity (Wildman–Crippen MR) is 65.1 cm³/mol. The highest BCUT2D eigenvalue weighted by Crippen LogP contribution is 2.02. The molecule has 0 aliphatic rings. The van der Waals surface area contributed by atoms with E-state index in [2.05, 4.69) is 40.6 Å². The maximum absolute atomic E-state index is 11.3. The maximum Gasteiger partial charge on any atom is 0.236 e. The van der Waals surface area contributed by atoms with Gasteiger partial charge >= 0.3 is 0 Å². The molecule has 0 bridgehead atoms. The van der Waals surface area contributed by atoms with E-state index in [1.165, 1.54) is 5.56 Å². The Balaban J connectivity index is 2.39. The van der Waals surface area contributed by atoms with E-state index in [4.69, 9.17) is 0 Å². The van der Waals surface area contributed by atoms with Crippen molar-refractivity contribution in [2.45, 2.75) is 39.4 Å². The Morgan fingerprint density at radius 3 is 2.94 bits per heavy atom. The van der Waals surface area contributed by atoms with Crippen LogP contribution in [0.4, 0.5) is 0 Å². The van der Waals surface area contributed by atoms with Gasteiger partial charge in [-0.2, -0.15) is 0 Å². The summed E-state index contributed by atoms with van der Waals surface area (Å²) >= 11 is 0. The second kappa shape index (κ2) is 6.33. The Hall–Kier alpha value is -1.29. The monoisotopic (exact) mass is 223 g/mol. The van der Waals surface area contributed by atoms with Crippen LogP contribution in [0.2, 0.25) is 0 Å². The van der Waals surface area contributed by atoms with E-state index in [1.807, 2.05) is 6.92 Å². The molecule has 0 aliphatic heterocycles. The van der Waals surface area contributed by atoms with Gasteiger partial charge < -0.3 is 15.2 Å². The Morgan fingerprint density at radius 1 is 1.56 bits per heavy atom. The smallest absolute Gasteiger partial charge is 0.236 e. The fraction of sp³-hybridized carbons (Fsp3) is 0.583. The number of carbonyl (C=O) groups is 1. The molecular weight excluding hydrogens is 202 g/mol. The van der Waals surface area contributed by atoms with Crippen LogP contribution in [0.15, 0.2) is 18.5 Å². The average molecular weight is 223 g/mol. The third kappa shape index (κ3) is 3.70. The van der Waals surface area contributed by atoms with Crippen LogP contribution >= 0.6 is 0 Å². The molecule has 16 heavy (non-hydrogen) atoms. The Bertz CT molecular complexity index is 333. The molecule has 90 valence electrons. The summed E-state index contributed by atoms with van der Waals surface area (Å²) in [4.78, 5) is 11.3. The molecule has 1 atom stereocenters. The third-order valence-corrected chi connectivity index (χ3v) is 2.55. The fourth-order valence-corrected chi connectivity index (χ4v) is 1.57. The molecular formula is C12H21N3O. The van der Waals surface area contributed by atoms with E-state index in [9.17, 15) is 4.79 Å². The highest BCUT2D eigenvalue weighted by Gasteiger charge is 2.09. The number of amides is 1. The lowest BCUT2D eigenvalue weighted by Gasteiger charge is -2.11. The van der Waals surface area contributed by atoms with Gasteiger partial charge in [-0.3, -0.25) is 4.79 Å². The van der Waals surface area contributed by atoms with Crippen molar-refractivity contribution in [3.05, 3.63) is 24.0 Å². The zero-order chi connectivity index (χ0) is 12.0. The standard InChI is InChI=1S/C12H21N3O/c1-4-6-15-7-5-11(9-15)8-14-10(2)12(16)13-3/h5,7,9-10,14H,4,6,8H2,1-3H3,(H,13,16). The molecule has 0 spiro atoms. The van der Waals surface area contributed by atoms with Gasteiger partial charge in [0.25, 0.3) is 0 Å². The highest BCUT2D eigenvalue weighted by molar-refractivity contribution is 5.80. The number of hydrogen-bond donors (Lipinski definition) is 2. The number of nitrogens with one attached hydrogen (secondary N) is 2. The summed E-state index contributed by atoms with van der Waals surface area (Å²) < 4.78 is 2.17. The number of rotatable bonds is 6. The molecule has 4 heteroatoms. The summed E-state index contributed by atoms with van der Waals surface area (Å²) in [6.45, 7) is 5.80. The molecule has 1 amide bonds. The predicted octanol–water partition coefficient (Wildman–Crippen LogP) is 1.12. The molecule has 2 N–H and O–H groups in total. The Kier molecular flexibility index (Phi) is 5.05. The van der Waals surface area contributed by atoms with Crippen molar-refractivity contribution in [2.24, 2.45) is 0 Å². The molecule has 1 aromatic heterocycles. The topological polar surface area (TPSA) is 46.1 Å². The van der Waals surface area contributed by atoms with E-state index < -0.39 is 0 Å². The first-order valence-electron chi connectivity index (χ1n) is 5.77. The van der Waals surface area contributed by atoms with Gasteiger partial charge in [0.1, 0.15) is 0 Å². The van der Waals surface area contributed by atoms with Crippen LogP contribution in [-0.4, -0.2) is 23.6 Å². The van der Waals surface area contributed by atoms with Gasteiger partial charge in [-0.15, -0.1) is 0 Å². The van der Waals surface area contributed by atoms with Crippen molar-refractivity contribution in [1.29, 1.82) is 0 Å². The number of hydrogen-bond acceptors (Lipinski definition) is 2. The zero-order valence-corrected chi connectivity index (χ0v) is 10.3. The maximum atomic E-state index is 11.3. The highest BCUT2D eigenvalue weighted by atomic mass is 16.2. The first kappa shape index (κ1) is 12.8. The summed E-state index contributed by atoms with van der Waals surface area (Å²) in [5, 5.41) is 5.80. The number of carbonyl (C=O) groups excluding carboxylic acids is 1. The summed E-state index contributed by atoms with van der Waals surface area (Å²) in [5.74, 6) is 0.0213. The molecule has 0 aromatic carbocycles. The lowest BCUT2D eigenvalue weighted by atomic mass is 10.3. The summed E-state index contributed by atoms with van der Waals surface area (Å²) in [5.41, 5.74) is 1.21.